The van der Waals surface area contributed by atoms with E-state index in [-0.39, 0.29) is 0 Å². The van der Waals surface area contributed by atoms with Crippen molar-refractivity contribution in [1.29, 1.82) is 0 Å². The number of rotatable bonds is 3. The second-order valence-corrected chi connectivity index (χ2v) is 6.93. The van der Waals surface area contributed by atoms with Crippen molar-refractivity contribution in [3.05, 3.63) is 96.6 Å². The molecule has 0 bridgehead atoms. The minimum atomic E-state index is 0.648. The Balaban J connectivity index is 1.84. The summed E-state index contributed by atoms with van der Waals surface area (Å²) in [6.07, 6.45) is 0. The van der Waals surface area contributed by atoms with Crippen LogP contribution in [0.15, 0.2) is 96.0 Å². The van der Waals surface area contributed by atoms with Gasteiger partial charge in [0, 0.05) is 0 Å². The quantitative estimate of drug-likeness (QED) is 0.246. The van der Waals surface area contributed by atoms with Crippen molar-refractivity contribution in [3.63, 3.8) is 0 Å². The molecule has 0 aromatic heterocycles. The summed E-state index contributed by atoms with van der Waals surface area (Å²) < 4.78 is 0. The Morgan fingerprint density at radius 2 is 1.07 bits per heavy atom. The molecule has 0 amide bonds. The molecule has 27 heavy (non-hydrogen) atoms. The maximum absolute atomic E-state index is 4.02. The van der Waals surface area contributed by atoms with Crippen molar-refractivity contribution in [2.45, 2.75) is 6.54 Å². The highest BCUT2D eigenvalue weighted by Gasteiger charge is 2.09. The Morgan fingerprint density at radius 3 is 1.70 bits per heavy atom. The lowest BCUT2D eigenvalue weighted by Gasteiger charge is -2.12. The van der Waals surface area contributed by atoms with Crippen LogP contribution in [0, 0.1) is 0 Å². The van der Waals surface area contributed by atoms with E-state index in [4.69, 9.17) is 0 Å². The summed E-state index contributed by atoms with van der Waals surface area (Å²) in [5.74, 6) is 0. The fraction of sp³-hybridized carbons (Fsp3) is 0.0385. The van der Waals surface area contributed by atoms with E-state index < -0.39 is 0 Å². The Morgan fingerprint density at radius 1 is 0.519 bits per heavy atom. The molecule has 0 heterocycles. The van der Waals surface area contributed by atoms with Crippen molar-refractivity contribution >= 4 is 39.0 Å². The van der Waals surface area contributed by atoms with Crippen molar-refractivity contribution in [3.8, 4) is 11.1 Å². The minimum absolute atomic E-state index is 0.648. The SMILES string of the molecule is C=NCc1cccc(-c2ccc3c4ccccc4c4ccccc4c3c2)c1. The summed E-state index contributed by atoms with van der Waals surface area (Å²) in [5, 5.41) is 7.83. The van der Waals surface area contributed by atoms with Crippen LogP contribution < -0.4 is 0 Å². The predicted octanol–water partition coefficient (Wildman–Crippen LogP) is 7.01. The standard InChI is InChI=1S/C26H19N/c1-27-17-18-7-6-8-19(15-18)20-13-14-25-23-11-3-2-9-21(23)22-10-4-5-12-24(22)26(25)16-20/h2-16H,1,17H2. The third kappa shape index (κ3) is 2.60. The van der Waals surface area contributed by atoms with Crippen molar-refractivity contribution in [1.82, 2.24) is 0 Å². The van der Waals surface area contributed by atoms with Crippen LogP contribution in [0.2, 0.25) is 0 Å². The molecule has 0 fully saturated rings. The first-order valence-corrected chi connectivity index (χ1v) is 9.20. The molecule has 0 saturated heterocycles. The Bertz CT molecular complexity index is 1280. The van der Waals surface area contributed by atoms with Gasteiger partial charge in [-0.25, -0.2) is 0 Å². The zero-order valence-electron chi connectivity index (χ0n) is 15.0. The minimum Gasteiger partial charge on any atom is -0.296 e. The molecule has 1 nitrogen and oxygen atoms in total. The van der Waals surface area contributed by atoms with Gasteiger partial charge in [-0.1, -0.05) is 78.9 Å². The number of hydrogen-bond acceptors (Lipinski definition) is 1. The van der Waals surface area contributed by atoms with E-state index in [0.717, 1.165) is 0 Å². The molecular weight excluding hydrogens is 326 g/mol. The largest absolute Gasteiger partial charge is 0.296 e. The first-order chi connectivity index (χ1) is 13.3. The van der Waals surface area contributed by atoms with E-state index in [2.05, 4.69) is 103 Å². The van der Waals surface area contributed by atoms with E-state index in [1.165, 1.54) is 49.0 Å². The van der Waals surface area contributed by atoms with Crippen molar-refractivity contribution < 1.29 is 0 Å². The molecular formula is C26H19N. The molecule has 0 spiro atoms. The zero-order chi connectivity index (χ0) is 18.2. The van der Waals surface area contributed by atoms with Crippen LogP contribution in [0.25, 0.3) is 43.4 Å². The van der Waals surface area contributed by atoms with Gasteiger partial charge in [0.15, 0.2) is 0 Å². The van der Waals surface area contributed by atoms with Gasteiger partial charge >= 0.3 is 0 Å². The molecule has 0 aliphatic carbocycles. The summed E-state index contributed by atoms with van der Waals surface area (Å²) >= 11 is 0. The Kier molecular flexibility index (Phi) is 3.72. The lowest BCUT2D eigenvalue weighted by molar-refractivity contribution is 1.08. The number of benzene rings is 5. The lowest BCUT2D eigenvalue weighted by Crippen LogP contribution is -1.86. The second kappa shape index (κ2) is 6.37. The van der Waals surface area contributed by atoms with E-state index in [9.17, 15) is 0 Å². The molecule has 0 N–H and O–H groups in total. The molecule has 0 aliphatic rings. The third-order valence-electron chi connectivity index (χ3n) is 5.30. The second-order valence-electron chi connectivity index (χ2n) is 6.93. The van der Waals surface area contributed by atoms with Gasteiger partial charge in [-0.2, -0.15) is 0 Å². The van der Waals surface area contributed by atoms with Crippen molar-refractivity contribution in [2.75, 3.05) is 0 Å². The smallest absolute Gasteiger partial charge is 0.0632 e. The molecule has 1 heteroatoms. The molecule has 5 rings (SSSR count). The van der Waals surface area contributed by atoms with Crippen LogP contribution >= 0.6 is 0 Å². The highest BCUT2D eigenvalue weighted by atomic mass is 14.7. The summed E-state index contributed by atoms with van der Waals surface area (Å²) in [6.45, 7) is 4.26. The van der Waals surface area contributed by atoms with Gasteiger partial charge in [0.25, 0.3) is 0 Å². The van der Waals surface area contributed by atoms with Gasteiger partial charge in [-0.3, -0.25) is 4.99 Å². The molecule has 0 aliphatic heterocycles. The molecule has 128 valence electrons. The normalized spacial score (nSPS) is 11.3. The van der Waals surface area contributed by atoms with Crippen LogP contribution in [-0.4, -0.2) is 6.72 Å². The number of aliphatic imine (C=N–C) groups is 1. The van der Waals surface area contributed by atoms with Crippen molar-refractivity contribution in [2.24, 2.45) is 4.99 Å². The molecule has 0 unspecified atom stereocenters. The number of hydrogen-bond donors (Lipinski definition) is 0. The molecule has 0 atom stereocenters. The maximum Gasteiger partial charge on any atom is 0.0632 e. The third-order valence-corrected chi connectivity index (χ3v) is 5.30. The van der Waals surface area contributed by atoms with Gasteiger partial charge in [0.1, 0.15) is 0 Å². The topological polar surface area (TPSA) is 12.4 Å². The van der Waals surface area contributed by atoms with E-state index in [1.54, 1.807) is 0 Å². The highest BCUT2D eigenvalue weighted by Crippen LogP contribution is 2.37. The maximum atomic E-state index is 4.02. The van der Waals surface area contributed by atoms with Gasteiger partial charge in [0.2, 0.25) is 0 Å². The first kappa shape index (κ1) is 15.8. The van der Waals surface area contributed by atoms with Gasteiger partial charge < -0.3 is 0 Å². The molecule has 5 aromatic rings. The lowest BCUT2D eigenvalue weighted by atomic mass is 9.92. The number of nitrogens with zero attached hydrogens (tertiary/aromatic N) is 1. The summed E-state index contributed by atoms with van der Waals surface area (Å²) in [6, 6.07) is 32.8. The van der Waals surface area contributed by atoms with E-state index >= 15 is 0 Å². The summed E-state index contributed by atoms with van der Waals surface area (Å²) in [5.41, 5.74) is 3.63. The Hall–Kier alpha value is -3.45. The average molecular weight is 345 g/mol. The van der Waals surface area contributed by atoms with Gasteiger partial charge in [-0.05, 0) is 67.9 Å². The molecule has 5 aromatic carbocycles. The molecule has 0 radical (unpaired) electrons. The summed E-state index contributed by atoms with van der Waals surface area (Å²) in [4.78, 5) is 4.02. The van der Waals surface area contributed by atoms with Crippen LogP contribution in [0.4, 0.5) is 0 Å². The highest BCUT2D eigenvalue weighted by molar-refractivity contribution is 6.25. The van der Waals surface area contributed by atoms with Gasteiger partial charge in [-0.15, -0.1) is 0 Å². The van der Waals surface area contributed by atoms with E-state index in [1.807, 2.05) is 0 Å². The predicted molar refractivity (Wildman–Crippen MR) is 118 cm³/mol. The van der Waals surface area contributed by atoms with Crippen LogP contribution in [-0.2, 0) is 6.54 Å². The van der Waals surface area contributed by atoms with Crippen LogP contribution in [0.1, 0.15) is 5.56 Å². The fourth-order valence-corrected chi connectivity index (χ4v) is 4.07. The fourth-order valence-electron chi connectivity index (χ4n) is 4.07. The monoisotopic (exact) mass is 345 g/mol. The van der Waals surface area contributed by atoms with Gasteiger partial charge in [0.05, 0.1) is 6.54 Å². The van der Waals surface area contributed by atoms with Crippen LogP contribution in [0.3, 0.4) is 0 Å². The summed E-state index contributed by atoms with van der Waals surface area (Å²) in [7, 11) is 0. The number of fused-ring (bicyclic) bond motifs is 6. The average Bonchev–Trinajstić information content (AvgIpc) is 2.74. The first-order valence-electron chi connectivity index (χ1n) is 9.20. The van der Waals surface area contributed by atoms with Crippen LogP contribution in [0.5, 0.6) is 0 Å². The molecule has 0 saturated carbocycles. The zero-order valence-corrected chi connectivity index (χ0v) is 15.0. The van der Waals surface area contributed by atoms with E-state index in [0.29, 0.717) is 6.54 Å². The Labute approximate surface area is 158 Å².